The Morgan fingerprint density at radius 2 is 1.86 bits per heavy atom. The van der Waals surface area contributed by atoms with E-state index in [9.17, 15) is 0 Å². The maximum atomic E-state index is 5.44. The number of methoxy groups -OCH3 is 2. The first-order valence-corrected chi connectivity index (χ1v) is 10.2. The van der Waals surface area contributed by atoms with Crippen molar-refractivity contribution in [1.29, 1.82) is 0 Å². The standard InChI is InChI=1S/C22H30N4O2/c1-25-9-7-20-17(15-25)13-23-22(24-20)21-6-4-5-8-26(21)14-16-10-18(27-2)12-19(11-16)28-3/h10-13,21H,4-9,14-15H2,1-3H3/t21-/m1/s1. The van der Waals surface area contributed by atoms with Gasteiger partial charge in [-0.25, -0.2) is 9.97 Å². The summed E-state index contributed by atoms with van der Waals surface area (Å²) in [7, 11) is 5.55. The van der Waals surface area contributed by atoms with E-state index < -0.39 is 0 Å². The summed E-state index contributed by atoms with van der Waals surface area (Å²) in [5.41, 5.74) is 3.71. The van der Waals surface area contributed by atoms with Crippen molar-refractivity contribution in [2.24, 2.45) is 0 Å². The van der Waals surface area contributed by atoms with Crippen LogP contribution in [0.3, 0.4) is 0 Å². The summed E-state index contributed by atoms with van der Waals surface area (Å²) in [6.07, 6.45) is 6.62. The molecule has 2 aromatic rings. The highest BCUT2D eigenvalue weighted by Crippen LogP contribution is 2.32. The SMILES string of the molecule is COc1cc(CN2CCCC[C@@H]2c2ncc3c(n2)CCN(C)C3)cc(OC)c1. The predicted octanol–water partition coefficient (Wildman–Crippen LogP) is 3.21. The molecule has 0 unspecified atom stereocenters. The van der Waals surface area contributed by atoms with Crippen molar-refractivity contribution >= 4 is 0 Å². The summed E-state index contributed by atoms with van der Waals surface area (Å²) in [5, 5.41) is 0. The van der Waals surface area contributed by atoms with Crippen molar-refractivity contribution in [3.8, 4) is 11.5 Å². The summed E-state index contributed by atoms with van der Waals surface area (Å²) >= 11 is 0. The molecule has 4 rings (SSSR count). The summed E-state index contributed by atoms with van der Waals surface area (Å²) in [5.74, 6) is 2.65. The zero-order chi connectivity index (χ0) is 19.5. The molecular formula is C22H30N4O2. The number of likely N-dealkylation sites (N-methyl/N-ethyl adjacent to an activating group) is 1. The fraction of sp³-hybridized carbons (Fsp3) is 0.545. The number of nitrogens with zero attached hydrogens (tertiary/aromatic N) is 4. The van der Waals surface area contributed by atoms with Gasteiger partial charge in [0.15, 0.2) is 0 Å². The Hall–Kier alpha value is -2.18. The second-order valence-electron chi connectivity index (χ2n) is 7.89. The van der Waals surface area contributed by atoms with E-state index in [-0.39, 0.29) is 6.04 Å². The van der Waals surface area contributed by atoms with Gasteiger partial charge in [0.1, 0.15) is 17.3 Å². The van der Waals surface area contributed by atoms with Gasteiger partial charge in [0.05, 0.1) is 20.3 Å². The highest BCUT2D eigenvalue weighted by molar-refractivity contribution is 5.38. The molecule has 1 aromatic heterocycles. The number of likely N-dealkylation sites (tertiary alicyclic amines) is 1. The van der Waals surface area contributed by atoms with Crippen LogP contribution in [-0.4, -0.2) is 54.1 Å². The van der Waals surface area contributed by atoms with Gasteiger partial charge in [-0.1, -0.05) is 6.42 Å². The lowest BCUT2D eigenvalue weighted by Gasteiger charge is -2.35. The van der Waals surface area contributed by atoms with Gasteiger partial charge in [0, 0.05) is 49.6 Å². The molecule has 0 radical (unpaired) electrons. The predicted molar refractivity (Wildman–Crippen MR) is 109 cm³/mol. The van der Waals surface area contributed by atoms with Gasteiger partial charge in [-0.05, 0) is 44.1 Å². The third kappa shape index (κ3) is 4.13. The van der Waals surface area contributed by atoms with Crippen molar-refractivity contribution in [3.05, 3.63) is 47.0 Å². The third-order valence-corrected chi connectivity index (χ3v) is 5.85. The molecule has 2 aliphatic rings. The van der Waals surface area contributed by atoms with Crippen molar-refractivity contribution in [2.45, 2.75) is 44.8 Å². The van der Waals surface area contributed by atoms with Crippen LogP contribution < -0.4 is 9.47 Å². The van der Waals surface area contributed by atoms with Gasteiger partial charge in [0.25, 0.3) is 0 Å². The Morgan fingerprint density at radius 3 is 2.61 bits per heavy atom. The van der Waals surface area contributed by atoms with Crippen LogP contribution in [-0.2, 0) is 19.5 Å². The average Bonchev–Trinajstić information content (AvgIpc) is 2.73. The minimum atomic E-state index is 0.274. The number of hydrogen-bond acceptors (Lipinski definition) is 6. The minimum absolute atomic E-state index is 0.274. The average molecular weight is 383 g/mol. The molecule has 0 amide bonds. The van der Waals surface area contributed by atoms with Crippen LogP contribution in [0.5, 0.6) is 11.5 Å². The highest BCUT2D eigenvalue weighted by Gasteiger charge is 2.28. The molecule has 0 bridgehead atoms. The van der Waals surface area contributed by atoms with Crippen LogP contribution in [0.2, 0.25) is 0 Å². The third-order valence-electron chi connectivity index (χ3n) is 5.85. The van der Waals surface area contributed by atoms with Gasteiger partial charge < -0.3 is 14.4 Å². The number of hydrogen-bond donors (Lipinski definition) is 0. The molecule has 1 fully saturated rings. The zero-order valence-electron chi connectivity index (χ0n) is 17.1. The molecule has 6 nitrogen and oxygen atoms in total. The number of fused-ring (bicyclic) bond motifs is 1. The molecule has 3 heterocycles. The number of rotatable bonds is 5. The molecule has 28 heavy (non-hydrogen) atoms. The Balaban J connectivity index is 1.57. The van der Waals surface area contributed by atoms with Crippen molar-refractivity contribution in [3.63, 3.8) is 0 Å². The first-order valence-electron chi connectivity index (χ1n) is 10.2. The van der Waals surface area contributed by atoms with Crippen molar-refractivity contribution in [2.75, 3.05) is 34.4 Å². The number of ether oxygens (including phenoxy) is 2. The zero-order valence-corrected chi connectivity index (χ0v) is 17.1. The van der Waals surface area contributed by atoms with E-state index in [1.807, 2.05) is 6.07 Å². The lowest BCUT2D eigenvalue weighted by molar-refractivity contribution is 0.133. The minimum Gasteiger partial charge on any atom is -0.497 e. The highest BCUT2D eigenvalue weighted by atomic mass is 16.5. The summed E-state index contributed by atoms with van der Waals surface area (Å²) < 4.78 is 10.9. The molecule has 0 spiro atoms. The quantitative estimate of drug-likeness (QED) is 0.792. The maximum absolute atomic E-state index is 5.44. The number of benzene rings is 1. The van der Waals surface area contributed by atoms with E-state index in [0.29, 0.717) is 0 Å². The molecule has 1 atom stereocenters. The van der Waals surface area contributed by atoms with Gasteiger partial charge in [-0.3, -0.25) is 4.90 Å². The fourth-order valence-electron chi connectivity index (χ4n) is 4.30. The van der Waals surface area contributed by atoms with Crippen LogP contribution in [0.1, 0.15) is 47.9 Å². The normalized spacial score (nSPS) is 20.6. The first-order chi connectivity index (χ1) is 13.7. The summed E-state index contributed by atoms with van der Waals surface area (Å²) in [6, 6.07) is 6.38. The Labute approximate surface area is 167 Å². The van der Waals surface area contributed by atoms with Crippen molar-refractivity contribution in [1.82, 2.24) is 19.8 Å². The van der Waals surface area contributed by atoms with Crippen LogP contribution >= 0.6 is 0 Å². The topological polar surface area (TPSA) is 50.7 Å². The molecule has 6 heteroatoms. The molecule has 1 saturated heterocycles. The van der Waals surface area contributed by atoms with E-state index in [1.165, 1.54) is 29.7 Å². The van der Waals surface area contributed by atoms with Crippen molar-refractivity contribution < 1.29 is 9.47 Å². The molecule has 0 N–H and O–H groups in total. The molecule has 0 saturated carbocycles. The smallest absolute Gasteiger partial charge is 0.145 e. The van der Waals surface area contributed by atoms with E-state index in [1.54, 1.807) is 14.2 Å². The van der Waals surface area contributed by atoms with E-state index in [2.05, 4.69) is 35.2 Å². The Bertz CT molecular complexity index is 804. The van der Waals surface area contributed by atoms with Gasteiger partial charge in [0.2, 0.25) is 0 Å². The van der Waals surface area contributed by atoms with Crippen LogP contribution in [0.15, 0.2) is 24.4 Å². The summed E-state index contributed by atoms with van der Waals surface area (Å²) in [4.78, 5) is 14.6. The van der Waals surface area contributed by atoms with Gasteiger partial charge in [-0.15, -0.1) is 0 Å². The molecule has 150 valence electrons. The van der Waals surface area contributed by atoms with Crippen LogP contribution in [0, 0.1) is 0 Å². The second-order valence-corrected chi connectivity index (χ2v) is 7.89. The first kappa shape index (κ1) is 19.2. The van der Waals surface area contributed by atoms with E-state index in [4.69, 9.17) is 19.4 Å². The molecule has 0 aliphatic carbocycles. The largest absolute Gasteiger partial charge is 0.497 e. The second kappa shape index (κ2) is 8.45. The monoisotopic (exact) mass is 382 g/mol. The molecule has 2 aliphatic heterocycles. The molecule has 1 aromatic carbocycles. The van der Waals surface area contributed by atoms with E-state index in [0.717, 1.165) is 56.3 Å². The Morgan fingerprint density at radius 1 is 1.07 bits per heavy atom. The van der Waals surface area contributed by atoms with E-state index >= 15 is 0 Å². The Kier molecular flexibility index (Phi) is 5.78. The lowest BCUT2D eigenvalue weighted by Crippen LogP contribution is -2.35. The van der Waals surface area contributed by atoms with Gasteiger partial charge >= 0.3 is 0 Å². The van der Waals surface area contributed by atoms with Crippen LogP contribution in [0.4, 0.5) is 0 Å². The molecular weight excluding hydrogens is 352 g/mol. The fourth-order valence-corrected chi connectivity index (χ4v) is 4.30. The number of aromatic nitrogens is 2. The lowest BCUT2D eigenvalue weighted by atomic mass is 9.99. The van der Waals surface area contributed by atoms with Gasteiger partial charge in [-0.2, -0.15) is 0 Å². The van der Waals surface area contributed by atoms with Crippen LogP contribution in [0.25, 0.3) is 0 Å². The number of piperidine rings is 1. The maximum Gasteiger partial charge on any atom is 0.145 e. The summed E-state index contributed by atoms with van der Waals surface area (Å²) in [6.45, 7) is 3.93.